The van der Waals surface area contributed by atoms with Crippen LogP contribution in [0.2, 0.25) is 19.6 Å². The van der Waals surface area contributed by atoms with Crippen LogP contribution < -0.4 is 0 Å². The van der Waals surface area contributed by atoms with E-state index >= 15 is 0 Å². The van der Waals surface area contributed by atoms with Crippen molar-refractivity contribution in [3.8, 4) is 0 Å². The molecule has 0 radical (unpaired) electrons. The second-order valence-electron chi connectivity index (χ2n) is 5.30. The highest BCUT2D eigenvalue weighted by molar-refractivity contribution is 8.07. The molecule has 0 spiro atoms. The van der Waals surface area contributed by atoms with E-state index < -0.39 is 20.3 Å². The summed E-state index contributed by atoms with van der Waals surface area (Å²) in [6.45, 7) is 10.2. The van der Waals surface area contributed by atoms with Gasteiger partial charge in [0.05, 0.1) is 22.7 Å². The van der Waals surface area contributed by atoms with Crippen molar-refractivity contribution in [2.45, 2.75) is 43.0 Å². The third-order valence-electron chi connectivity index (χ3n) is 2.45. The maximum Gasteiger partial charge on any atom is 0.340 e. The van der Waals surface area contributed by atoms with Gasteiger partial charge in [-0.05, 0) is 26.0 Å². The van der Waals surface area contributed by atoms with Crippen molar-refractivity contribution in [2.24, 2.45) is 0 Å². The lowest BCUT2D eigenvalue weighted by atomic mass is 10.4. The third kappa shape index (κ3) is 5.04. The molecule has 1 aromatic rings. The van der Waals surface area contributed by atoms with Gasteiger partial charge >= 0.3 is 7.60 Å². The van der Waals surface area contributed by atoms with E-state index in [4.69, 9.17) is 10.4 Å². The van der Waals surface area contributed by atoms with Crippen LogP contribution in [0.5, 0.6) is 0 Å². The molecule has 1 unspecified atom stereocenters. The molecule has 3 nitrogen and oxygen atoms in total. The zero-order valence-corrected chi connectivity index (χ0v) is 15.6. The summed E-state index contributed by atoms with van der Waals surface area (Å²) in [6.07, 6.45) is 0. The van der Waals surface area contributed by atoms with Crippen LogP contribution in [0.25, 0.3) is 0 Å². The van der Waals surface area contributed by atoms with Crippen LogP contribution in [0, 0.1) is 0 Å². The van der Waals surface area contributed by atoms with E-state index in [1.807, 2.05) is 50.0 Å². The van der Waals surface area contributed by atoms with Crippen molar-refractivity contribution in [1.82, 2.24) is 0 Å². The smallest absolute Gasteiger partial charge is 0.308 e. The zero-order valence-electron chi connectivity index (χ0n) is 13.9. The minimum absolute atomic E-state index is 0.276. The van der Waals surface area contributed by atoms with E-state index in [2.05, 4.69) is 0 Å². The maximum absolute atomic E-state index is 13.3. The van der Waals surface area contributed by atoms with Crippen molar-refractivity contribution in [3.05, 3.63) is 30.3 Å². The number of rotatable bonds is 8. The van der Waals surface area contributed by atoms with E-state index in [1.165, 1.54) is 11.8 Å². The third-order valence-corrected chi connectivity index (χ3v) is 12.0. The van der Waals surface area contributed by atoms with E-state index in [1.54, 1.807) is 13.8 Å². The molecule has 0 aromatic heterocycles. The highest BCUT2D eigenvalue weighted by Crippen LogP contribution is 2.61. The Kier molecular flexibility index (Phi) is 6.37. The Balaban J connectivity index is 3.28. The van der Waals surface area contributed by atoms with Gasteiger partial charge in [0.1, 0.15) is 4.59 Å². The second-order valence-corrected chi connectivity index (χ2v) is 14.4. The molecule has 0 aliphatic heterocycles. The summed E-state index contributed by atoms with van der Waals surface area (Å²) in [5, 5.41) is 0. The van der Waals surface area contributed by atoms with Crippen molar-refractivity contribution in [3.63, 3.8) is 0 Å². The van der Waals surface area contributed by atoms with Crippen molar-refractivity contribution >= 4 is 27.4 Å². The van der Waals surface area contributed by atoms with Crippen molar-refractivity contribution < 1.29 is 15.0 Å². The fourth-order valence-corrected chi connectivity index (χ4v) is 9.55. The second kappa shape index (κ2) is 7.81. The van der Waals surface area contributed by atoms with E-state index in [9.17, 15) is 4.57 Å². The minimum atomic E-state index is -3.54. The Morgan fingerprint density at radius 3 is 2.10 bits per heavy atom. The Morgan fingerprint density at radius 2 is 1.70 bits per heavy atom. The molecular formula is C14H25O3PSSi. The largest absolute Gasteiger partial charge is 0.340 e. The zero-order chi connectivity index (χ0) is 16.1. The predicted molar refractivity (Wildman–Crippen MR) is 90.3 cm³/mol. The van der Waals surface area contributed by atoms with Gasteiger partial charge < -0.3 is 9.05 Å². The lowest BCUT2D eigenvalue weighted by Crippen LogP contribution is -2.36. The molecule has 0 fully saturated rings. The SMILES string of the molecule is [2H]C(Sc1ccccc1)([Si](C)(C)C)P(=O)(OCC)OCC. The molecule has 1 aromatic carbocycles. The van der Waals surface area contributed by atoms with Gasteiger partial charge in [0.15, 0.2) is 0 Å². The molecule has 0 N–H and O–H groups in total. The highest BCUT2D eigenvalue weighted by atomic mass is 32.2. The van der Waals surface area contributed by atoms with Crippen LogP contribution in [-0.4, -0.2) is 25.9 Å². The van der Waals surface area contributed by atoms with Gasteiger partial charge in [-0.2, -0.15) is 0 Å². The molecule has 6 heteroatoms. The highest BCUT2D eigenvalue weighted by Gasteiger charge is 2.45. The van der Waals surface area contributed by atoms with E-state index in [0.717, 1.165) is 4.90 Å². The fourth-order valence-electron chi connectivity index (χ4n) is 1.71. The number of hydrogen-bond donors (Lipinski definition) is 0. The molecule has 0 aliphatic carbocycles. The number of thioether (sulfide) groups is 1. The molecule has 114 valence electrons. The van der Waals surface area contributed by atoms with E-state index in [0.29, 0.717) is 0 Å². The Hall–Kier alpha value is -0.0631. The van der Waals surface area contributed by atoms with Crippen LogP contribution in [-0.2, 0) is 13.6 Å². The monoisotopic (exact) mass is 333 g/mol. The fraction of sp³-hybridized carbons (Fsp3) is 0.571. The summed E-state index contributed by atoms with van der Waals surface area (Å²) in [7, 11) is -5.72. The molecule has 20 heavy (non-hydrogen) atoms. The van der Waals surface area contributed by atoms with Crippen LogP contribution in [0.15, 0.2) is 35.2 Å². The quantitative estimate of drug-likeness (QED) is 0.370. The molecule has 1 atom stereocenters. The summed E-state index contributed by atoms with van der Waals surface area (Å²) in [5.41, 5.74) is 0. The lowest BCUT2D eigenvalue weighted by molar-refractivity contribution is 0.222. The van der Waals surface area contributed by atoms with Gasteiger partial charge in [-0.3, -0.25) is 4.57 Å². The molecule has 0 saturated heterocycles. The maximum atomic E-state index is 13.3. The normalized spacial score (nSPS) is 16.6. The summed E-state index contributed by atoms with van der Waals surface area (Å²) in [5.74, 6) is 0. The van der Waals surface area contributed by atoms with Crippen LogP contribution in [0.4, 0.5) is 0 Å². The standard InChI is InChI=1S/C14H25O3PSSi/c1-6-16-18(15,17-7-2)14(20(3,4)5)19-13-11-9-8-10-12-13/h8-12,14H,6-7H2,1-5H3/i14D. The van der Waals surface area contributed by atoms with E-state index in [-0.39, 0.29) is 13.2 Å². The Morgan fingerprint density at radius 1 is 1.20 bits per heavy atom. The average Bonchev–Trinajstić information content (AvgIpc) is 2.39. The van der Waals surface area contributed by atoms with Crippen LogP contribution >= 0.6 is 19.4 Å². The van der Waals surface area contributed by atoms with Gasteiger partial charge in [-0.15, -0.1) is 11.8 Å². The van der Waals surface area contributed by atoms with Gasteiger partial charge in [0.25, 0.3) is 0 Å². The van der Waals surface area contributed by atoms with Gasteiger partial charge in [0.2, 0.25) is 0 Å². The lowest BCUT2D eigenvalue weighted by Gasteiger charge is -2.33. The molecule has 1 rings (SSSR count). The molecule has 0 amide bonds. The minimum Gasteiger partial charge on any atom is -0.308 e. The van der Waals surface area contributed by atoms with Crippen LogP contribution in [0.1, 0.15) is 15.2 Å². The molecule has 0 bridgehead atoms. The topological polar surface area (TPSA) is 35.5 Å². The number of hydrogen-bond acceptors (Lipinski definition) is 4. The predicted octanol–water partition coefficient (Wildman–Crippen LogP) is 5.25. The van der Waals surface area contributed by atoms with Gasteiger partial charge in [-0.25, -0.2) is 0 Å². The van der Waals surface area contributed by atoms with Gasteiger partial charge in [-0.1, -0.05) is 37.8 Å². The Labute approximate surface area is 129 Å². The molecule has 0 heterocycles. The first-order valence-corrected chi connectivity index (χ1v) is 12.7. The first-order chi connectivity index (χ1) is 9.70. The average molecular weight is 333 g/mol. The summed E-state index contributed by atoms with van der Waals surface area (Å²) in [6, 6.07) is 9.61. The molecule has 0 aliphatic rings. The summed E-state index contributed by atoms with van der Waals surface area (Å²) in [4.78, 5) is 0.912. The first kappa shape index (κ1) is 16.3. The summed E-state index contributed by atoms with van der Waals surface area (Å²) >= 11 is 1.30. The Bertz CT molecular complexity index is 485. The van der Waals surface area contributed by atoms with Gasteiger partial charge in [0, 0.05) is 4.90 Å². The number of benzene rings is 1. The van der Waals surface area contributed by atoms with Crippen LogP contribution in [0.3, 0.4) is 0 Å². The van der Waals surface area contributed by atoms with Crippen molar-refractivity contribution in [2.75, 3.05) is 13.2 Å². The van der Waals surface area contributed by atoms with Crippen molar-refractivity contribution in [1.29, 1.82) is 0 Å². The summed E-state index contributed by atoms with van der Waals surface area (Å²) < 4.78 is 32.0. The first-order valence-electron chi connectivity index (χ1n) is 7.33. The molecule has 0 saturated carbocycles. The molecular weight excluding hydrogens is 307 g/mol.